The maximum atomic E-state index is 13.2. The fraction of sp³-hybridized carbons (Fsp3) is 0.333. The zero-order chi connectivity index (χ0) is 13.7. The molecular weight excluding hydrogens is 325 g/mol. The van der Waals surface area contributed by atoms with Crippen molar-refractivity contribution in [3.63, 3.8) is 0 Å². The molecule has 0 bridgehead atoms. The average molecular weight is 342 g/mol. The molecule has 0 aliphatic heterocycles. The maximum Gasteiger partial charge on any atom is 0.123 e. The molecule has 2 rings (SSSR count). The zero-order valence-corrected chi connectivity index (χ0v) is 13.2. The summed E-state index contributed by atoms with van der Waals surface area (Å²) >= 11 is 5.26. The molecule has 1 atom stereocenters. The van der Waals surface area contributed by atoms with E-state index < -0.39 is 0 Å². The molecule has 1 aromatic carbocycles. The summed E-state index contributed by atoms with van der Waals surface area (Å²) in [5.74, 6) is 0.330. The van der Waals surface area contributed by atoms with Crippen molar-refractivity contribution < 1.29 is 4.39 Å². The van der Waals surface area contributed by atoms with Gasteiger partial charge in [-0.2, -0.15) is 0 Å². The van der Waals surface area contributed by atoms with Gasteiger partial charge in [-0.1, -0.05) is 12.1 Å². The van der Waals surface area contributed by atoms with Gasteiger partial charge in [0.05, 0.1) is 3.79 Å². The Hall–Kier alpha value is -0.710. The summed E-state index contributed by atoms with van der Waals surface area (Å²) in [5, 5.41) is 3.23. The molecule has 4 heteroatoms. The second kappa shape index (κ2) is 7.17. The van der Waals surface area contributed by atoms with Gasteiger partial charge in [0.15, 0.2) is 0 Å². The molecule has 1 N–H and O–H groups in total. The lowest BCUT2D eigenvalue weighted by Gasteiger charge is -2.15. The van der Waals surface area contributed by atoms with Crippen LogP contribution in [-0.4, -0.2) is 13.6 Å². The van der Waals surface area contributed by atoms with Crippen LogP contribution >= 0.6 is 27.3 Å². The molecule has 1 unspecified atom stereocenters. The van der Waals surface area contributed by atoms with Crippen molar-refractivity contribution in [3.05, 3.63) is 56.4 Å². The van der Waals surface area contributed by atoms with Gasteiger partial charge in [0.25, 0.3) is 0 Å². The summed E-state index contributed by atoms with van der Waals surface area (Å²) in [6.45, 7) is 0.937. The lowest BCUT2D eigenvalue weighted by atomic mass is 9.95. The molecule has 0 amide bonds. The Morgan fingerprint density at radius 3 is 2.74 bits per heavy atom. The second-order valence-corrected chi connectivity index (χ2v) is 7.22. The van der Waals surface area contributed by atoms with Gasteiger partial charge in [-0.3, -0.25) is 0 Å². The highest BCUT2D eigenvalue weighted by Gasteiger charge is 2.12. The van der Waals surface area contributed by atoms with Crippen LogP contribution in [0.25, 0.3) is 0 Å². The summed E-state index contributed by atoms with van der Waals surface area (Å²) in [6, 6.07) is 11.1. The van der Waals surface area contributed by atoms with Crippen LogP contribution in [0.2, 0.25) is 0 Å². The van der Waals surface area contributed by atoms with Gasteiger partial charge < -0.3 is 5.32 Å². The Bertz CT molecular complexity index is 526. The van der Waals surface area contributed by atoms with E-state index in [2.05, 4.69) is 33.4 Å². The second-order valence-electron chi connectivity index (χ2n) is 4.67. The third-order valence-electron chi connectivity index (χ3n) is 3.02. The van der Waals surface area contributed by atoms with Crippen LogP contribution in [0.1, 0.15) is 10.4 Å². The van der Waals surface area contributed by atoms with Gasteiger partial charge in [-0.05, 0) is 78.1 Å². The fourth-order valence-corrected chi connectivity index (χ4v) is 3.85. The lowest BCUT2D eigenvalue weighted by molar-refractivity contribution is 0.495. The molecule has 0 aliphatic rings. The van der Waals surface area contributed by atoms with Gasteiger partial charge in [0, 0.05) is 4.88 Å². The van der Waals surface area contributed by atoms with E-state index in [1.165, 1.54) is 10.9 Å². The molecule has 1 heterocycles. The predicted molar refractivity (Wildman–Crippen MR) is 83.2 cm³/mol. The number of nitrogens with one attached hydrogen (secondary N) is 1. The first-order valence-electron chi connectivity index (χ1n) is 6.30. The molecule has 0 radical (unpaired) electrons. The van der Waals surface area contributed by atoms with Gasteiger partial charge >= 0.3 is 0 Å². The third kappa shape index (κ3) is 4.71. The van der Waals surface area contributed by atoms with Crippen molar-refractivity contribution in [2.75, 3.05) is 13.6 Å². The molecule has 0 saturated carbocycles. The summed E-state index contributed by atoms with van der Waals surface area (Å²) in [7, 11) is 1.96. The van der Waals surface area contributed by atoms with Crippen molar-refractivity contribution in [2.45, 2.75) is 12.8 Å². The summed E-state index contributed by atoms with van der Waals surface area (Å²) < 4.78 is 14.4. The van der Waals surface area contributed by atoms with Crippen LogP contribution in [0.3, 0.4) is 0 Å². The molecule has 19 heavy (non-hydrogen) atoms. The minimum Gasteiger partial charge on any atom is -0.319 e. The van der Waals surface area contributed by atoms with Crippen molar-refractivity contribution in [3.8, 4) is 0 Å². The van der Waals surface area contributed by atoms with Gasteiger partial charge in [0.1, 0.15) is 5.82 Å². The van der Waals surface area contributed by atoms with E-state index in [0.29, 0.717) is 5.92 Å². The topological polar surface area (TPSA) is 12.0 Å². The Morgan fingerprint density at radius 2 is 2.11 bits per heavy atom. The highest BCUT2D eigenvalue weighted by Crippen LogP contribution is 2.25. The average Bonchev–Trinajstić information content (AvgIpc) is 2.75. The number of benzene rings is 1. The Kier molecular flexibility index (Phi) is 5.55. The highest BCUT2D eigenvalue weighted by atomic mass is 79.9. The molecule has 0 spiro atoms. The Morgan fingerprint density at radius 1 is 1.26 bits per heavy atom. The first-order valence-corrected chi connectivity index (χ1v) is 7.91. The normalized spacial score (nSPS) is 12.6. The molecule has 102 valence electrons. The van der Waals surface area contributed by atoms with Crippen LogP contribution in [-0.2, 0) is 12.8 Å². The number of thiophene rings is 1. The van der Waals surface area contributed by atoms with Crippen LogP contribution in [0.5, 0.6) is 0 Å². The largest absolute Gasteiger partial charge is 0.319 e. The monoisotopic (exact) mass is 341 g/mol. The fourth-order valence-electron chi connectivity index (χ4n) is 2.25. The molecule has 0 fully saturated rings. The first-order chi connectivity index (χ1) is 9.17. The third-order valence-corrected chi connectivity index (χ3v) is 4.67. The standard InChI is InChI=1S/C15H17BrFNS/c1-18-10-12(9-14-5-6-15(16)19-14)7-11-3-2-4-13(17)8-11/h2-6,8,12,18H,7,9-10H2,1H3. The predicted octanol–water partition coefficient (Wildman–Crippen LogP) is 4.27. The van der Waals surface area contributed by atoms with E-state index >= 15 is 0 Å². The molecule has 0 saturated heterocycles. The first kappa shape index (κ1) is 14.7. The minimum atomic E-state index is -0.153. The van der Waals surface area contributed by atoms with Gasteiger partial charge in [-0.15, -0.1) is 11.3 Å². The molecule has 1 aromatic heterocycles. The number of hydrogen-bond acceptors (Lipinski definition) is 2. The highest BCUT2D eigenvalue weighted by molar-refractivity contribution is 9.11. The van der Waals surface area contributed by atoms with Crippen LogP contribution in [0.4, 0.5) is 4.39 Å². The van der Waals surface area contributed by atoms with E-state index in [-0.39, 0.29) is 5.82 Å². The van der Waals surface area contributed by atoms with Crippen LogP contribution in [0.15, 0.2) is 40.2 Å². The SMILES string of the molecule is CNCC(Cc1cccc(F)c1)Cc1ccc(Br)s1. The Balaban J connectivity index is 2.03. The summed E-state index contributed by atoms with van der Waals surface area (Å²) in [5.41, 5.74) is 1.07. The van der Waals surface area contributed by atoms with Gasteiger partial charge in [-0.25, -0.2) is 4.39 Å². The smallest absolute Gasteiger partial charge is 0.123 e. The molecular formula is C15H17BrFNS. The van der Waals surface area contributed by atoms with Crippen LogP contribution < -0.4 is 5.32 Å². The number of hydrogen-bond donors (Lipinski definition) is 1. The molecule has 0 aliphatic carbocycles. The molecule has 1 nitrogen and oxygen atoms in total. The lowest BCUT2D eigenvalue weighted by Crippen LogP contribution is -2.22. The van der Waals surface area contributed by atoms with Gasteiger partial charge in [0.2, 0.25) is 0 Å². The van der Waals surface area contributed by atoms with E-state index in [1.54, 1.807) is 23.5 Å². The molecule has 2 aromatic rings. The zero-order valence-electron chi connectivity index (χ0n) is 10.8. The van der Waals surface area contributed by atoms with E-state index in [9.17, 15) is 4.39 Å². The van der Waals surface area contributed by atoms with Crippen LogP contribution in [0, 0.1) is 11.7 Å². The van der Waals surface area contributed by atoms with Crippen molar-refractivity contribution in [1.29, 1.82) is 0 Å². The van der Waals surface area contributed by atoms with Crippen molar-refractivity contribution in [1.82, 2.24) is 5.32 Å². The number of rotatable bonds is 6. The van der Waals surface area contributed by atoms with Crippen molar-refractivity contribution in [2.24, 2.45) is 5.92 Å². The van der Waals surface area contributed by atoms with E-state index in [4.69, 9.17) is 0 Å². The quantitative estimate of drug-likeness (QED) is 0.827. The van der Waals surface area contributed by atoms with E-state index in [0.717, 1.165) is 28.7 Å². The maximum absolute atomic E-state index is 13.2. The minimum absolute atomic E-state index is 0.153. The van der Waals surface area contributed by atoms with Crippen molar-refractivity contribution >= 4 is 27.3 Å². The summed E-state index contributed by atoms with van der Waals surface area (Å²) in [4.78, 5) is 1.36. The Labute approximate surface area is 126 Å². The number of halogens is 2. The van der Waals surface area contributed by atoms with E-state index in [1.807, 2.05) is 13.1 Å². The summed E-state index contributed by atoms with van der Waals surface area (Å²) in [6.07, 6.45) is 1.92.